The molecule has 102 valence electrons. The third-order valence-corrected chi connectivity index (χ3v) is 3.91. The summed E-state index contributed by atoms with van der Waals surface area (Å²) in [6.07, 6.45) is 0. The number of nitrogens with two attached hydrogens (primary N) is 1. The molecule has 2 N–H and O–H groups in total. The molecular weight excluding hydrogens is 258 g/mol. The molecule has 0 saturated heterocycles. The van der Waals surface area contributed by atoms with E-state index in [-0.39, 0.29) is 6.04 Å². The molecule has 0 fully saturated rings. The molecule has 0 aliphatic heterocycles. The van der Waals surface area contributed by atoms with E-state index in [1.165, 1.54) is 10.8 Å². The van der Waals surface area contributed by atoms with Gasteiger partial charge >= 0.3 is 0 Å². The highest BCUT2D eigenvalue weighted by Crippen LogP contribution is 2.30. The molecule has 1 heterocycles. The summed E-state index contributed by atoms with van der Waals surface area (Å²) in [5.41, 5.74) is 8.42. The summed E-state index contributed by atoms with van der Waals surface area (Å²) in [7, 11) is 0. The van der Waals surface area contributed by atoms with Gasteiger partial charge in [-0.1, -0.05) is 60.7 Å². The molecule has 3 aromatic carbocycles. The van der Waals surface area contributed by atoms with Gasteiger partial charge < -0.3 is 10.2 Å². The van der Waals surface area contributed by atoms with E-state index in [0.717, 1.165) is 22.3 Å². The first-order valence-corrected chi connectivity index (χ1v) is 7.04. The lowest BCUT2D eigenvalue weighted by Crippen LogP contribution is -2.11. The smallest absolute Gasteiger partial charge is 0.134 e. The van der Waals surface area contributed by atoms with Crippen LogP contribution in [0.4, 0.5) is 0 Å². The standard InChI is InChI=1S/C19H15NO/c20-19(18-12-14-7-2-4-11-17(14)21-18)16-10-5-8-13-6-1-3-9-15(13)16/h1-12,19H,20H2. The topological polar surface area (TPSA) is 39.2 Å². The lowest BCUT2D eigenvalue weighted by molar-refractivity contribution is 0.526. The van der Waals surface area contributed by atoms with E-state index in [4.69, 9.17) is 10.2 Å². The number of rotatable bonds is 2. The van der Waals surface area contributed by atoms with Crippen molar-refractivity contribution in [2.24, 2.45) is 5.73 Å². The molecular formula is C19H15NO. The van der Waals surface area contributed by atoms with E-state index in [9.17, 15) is 0 Å². The van der Waals surface area contributed by atoms with Crippen molar-refractivity contribution in [3.63, 3.8) is 0 Å². The Bertz CT molecular complexity index is 885. The molecule has 0 aliphatic carbocycles. The van der Waals surface area contributed by atoms with E-state index in [1.807, 2.05) is 48.5 Å². The molecule has 1 atom stereocenters. The maximum atomic E-state index is 6.45. The zero-order valence-corrected chi connectivity index (χ0v) is 11.5. The van der Waals surface area contributed by atoms with Crippen LogP contribution >= 0.6 is 0 Å². The van der Waals surface area contributed by atoms with Gasteiger partial charge in [0, 0.05) is 5.39 Å². The van der Waals surface area contributed by atoms with E-state index in [1.54, 1.807) is 0 Å². The molecule has 2 nitrogen and oxygen atoms in total. The predicted octanol–water partition coefficient (Wildman–Crippen LogP) is 4.63. The molecule has 0 spiro atoms. The quantitative estimate of drug-likeness (QED) is 0.578. The summed E-state index contributed by atoms with van der Waals surface area (Å²) in [6, 6.07) is 24.2. The van der Waals surface area contributed by atoms with Crippen molar-refractivity contribution in [1.29, 1.82) is 0 Å². The van der Waals surface area contributed by atoms with Crippen LogP contribution in [0.25, 0.3) is 21.7 Å². The Kier molecular flexibility index (Phi) is 2.76. The van der Waals surface area contributed by atoms with Crippen molar-refractivity contribution in [3.05, 3.63) is 84.1 Å². The fourth-order valence-electron chi connectivity index (χ4n) is 2.83. The Hall–Kier alpha value is -2.58. The summed E-state index contributed by atoms with van der Waals surface area (Å²) in [4.78, 5) is 0. The highest BCUT2D eigenvalue weighted by atomic mass is 16.3. The second-order valence-corrected chi connectivity index (χ2v) is 5.23. The fraction of sp³-hybridized carbons (Fsp3) is 0.0526. The number of furan rings is 1. The van der Waals surface area contributed by atoms with Crippen LogP contribution in [-0.2, 0) is 0 Å². The van der Waals surface area contributed by atoms with E-state index >= 15 is 0 Å². The van der Waals surface area contributed by atoms with Gasteiger partial charge in [-0.25, -0.2) is 0 Å². The third kappa shape index (κ3) is 2.01. The van der Waals surface area contributed by atoms with Crippen molar-refractivity contribution in [2.75, 3.05) is 0 Å². The summed E-state index contributed by atoms with van der Waals surface area (Å²) in [5, 5.41) is 3.46. The van der Waals surface area contributed by atoms with Gasteiger partial charge in [0.1, 0.15) is 11.3 Å². The first kappa shape index (κ1) is 12.2. The SMILES string of the molecule is NC(c1cc2ccccc2o1)c1cccc2ccccc12. The number of hydrogen-bond donors (Lipinski definition) is 1. The van der Waals surface area contributed by atoms with Gasteiger partial charge in [0.05, 0.1) is 6.04 Å². The van der Waals surface area contributed by atoms with Crippen molar-refractivity contribution in [2.45, 2.75) is 6.04 Å². The van der Waals surface area contributed by atoms with Crippen molar-refractivity contribution in [1.82, 2.24) is 0 Å². The second-order valence-electron chi connectivity index (χ2n) is 5.23. The normalized spacial score (nSPS) is 12.8. The maximum Gasteiger partial charge on any atom is 0.134 e. The van der Waals surface area contributed by atoms with Crippen LogP contribution in [0.15, 0.2) is 77.2 Å². The Morgan fingerprint density at radius 1 is 0.762 bits per heavy atom. The zero-order chi connectivity index (χ0) is 14.2. The van der Waals surface area contributed by atoms with Gasteiger partial charge in [-0.3, -0.25) is 0 Å². The number of fused-ring (bicyclic) bond motifs is 2. The maximum absolute atomic E-state index is 6.45. The molecule has 0 bridgehead atoms. The van der Waals surface area contributed by atoms with Crippen molar-refractivity contribution >= 4 is 21.7 Å². The minimum absolute atomic E-state index is 0.261. The van der Waals surface area contributed by atoms with E-state index in [0.29, 0.717) is 0 Å². The molecule has 4 aromatic rings. The van der Waals surface area contributed by atoms with Gasteiger partial charge in [-0.2, -0.15) is 0 Å². The van der Waals surface area contributed by atoms with Gasteiger partial charge in [-0.15, -0.1) is 0 Å². The predicted molar refractivity (Wildman–Crippen MR) is 86.2 cm³/mol. The number of para-hydroxylation sites is 1. The largest absolute Gasteiger partial charge is 0.459 e. The summed E-state index contributed by atoms with van der Waals surface area (Å²) < 4.78 is 5.91. The highest BCUT2D eigenvalue weighted by molar-refractivity contribution is 5.86. The van der Waals surface area contributed by atoms with Crippen molar-refractivity contribution < 1.29 is 4.42 Å². The van der Waals surface area contributed by atoms with Crippen molar-refractivity contribution in [3.8, 4) is 0 Å². The average molecular weight is 273 g/mol. The molecule has 2 heteroatoms. The Morgan fingerprint density at radius 3 is 2.33 bits per heavy atom. The van der Waals surface area contributed by atoms with Gasteiger partial charge in [0.2, 0.25) is 0 Å². The summed E-state index contributed by atoms with van der Waals surface area (Å²) in [6.45, 7) is 0. The minimum Gasteiger partial charge on any atom is -0.459 e. The zero-order valence-electron chi connectivity index (χ0n) is 11.5. The fourth-order valence-corrected chi connectivity index (χ4v) is 2.83. The molecule has 0 amide bonds. The Morgan fingerprint density at radius 2 is 1.48 bits per heavy atom. The number of benzene rings is 3. The molecule has 0 radical (unpaired) electrons. The minimum atomic E-state index is -0.261. The van der Waals surface area contributed by atoms with Gasteiger partial charge in [0.15, 0.2) is 0 Å². The molecule has 1 aromatic heterocycles. The number of hydrogen-bond acceptors (Lipinski definition) is 2. The first-order valence-electron chi connectivity index (χ1n) is 7.04. The second kappa shape index (κ2) is 4.76. The molecule has 0 aliphatic rings. The van der Waals surface area contributed by atoms with Crippen LogP contribution in [0.5, 0.6) is 0 Å². The summed E-state index contributed by atoms with van der Waals surface area (Å²) in [5.74, 6) is 0.799. The first-order chi connectivity index (χ1) is 10.3. The molecule has 1 unspecified atom stereocenters. The van der Waals surface area contributed by atoms with E-state index < -0.39 is 0 Å². The summed E-state index contributed by atoms with van der Waals surface area (Å²) >= 11 is 0. The Labute approximate surface area is 122 Å². The van der Waals surface area contributed by atoms with Crippen LogP contribution in [0, 0.1) is 0 Å². The van der Waals surface area contributed by atoms with Gasteiger partial charge in [0.25, 0.3) is 0 Å². The lowest BCUT2D eigenvalue weighted by atomic mass is 9.98. The van der Waals surface area contributed by atoms with Crippen LogP contribution in [0.2, 0.25) is 0 Å². The third-order valence-electron chi connectivity index (χ3n) is 3.91. The van der Waals surface area contributed by atoms with Crippen LogP contribution < -0.4 is 5.73 Å². The molecule has 0 saturated carbocycles. The average Bonchev–Trinajstić information content (AvgIpc) is 2.97. The molecule has 4 rings (SSSR count). The Balaban J connectivity index is 1.87. The highest BCUT2D eigenvalue weighted by Gasteiger charge is 2.16. The van der Waals surface area contributed by atoms with Crippen LogP contribution in [0.3, 0.4) is 0 Å². The van der Waals surface area contributed by atoms with Crippen LogP contribution in [-0.4, -0.2) is 0 Å². The molecule has 21 heavy (non-hydrogen) atoms. The van der Waals surface area contributed by atoms with Gasteiger partial charge in [-0.05, 0) is 28.5 Å². The van der Waals surface area contributed by atoms with E-state index in [2.05, 4.69) is 24.3 Å². The monoisotopic (exact) mass is 273 g/mol. The lowest BCUT2D eigenvalue weighted by Gasteiger charge is -2.12. The van der Waals surface area contributed by atoms with Crippen LogP contribution in [0.1, 0.15) is 17.4 Å².